The summed E-state index contributed by atoms with van der Waals surface area (Å²) in [7, 11) is 0. The van der Waals surface area contributed by atoms with Crippen molar-refractivity contribution in [2.24, 2.45) is 0 Å². The molecule has 2 N–H and O–H groups in total. The molecule has 28 heavy (non-hydrogen) atoms. The van der Waals surface area contributed by atoms with E-state index in [0.717, 1.165) is 17.0 Å². The van der Waals surface area contributed by atoms with E-state index in [9.17, 15) is 18.0 Å². The number of nitrogens with one attached hydrogen (secondary N) is 2. The molecule has 4 rings (SSSR count). The van der Waals surface area contributed by atoms with Gasteiger partial charge in [0.25, 0.3) is 0 Å². The van der Waals surface area contributed by atoms with Crippen molar-refractivity contribution in [3.05, 3.63) is 48.3 Å². The van der Waals surface area contributed by atoms with Crippen LogP contribution >= 0.6 is 0 Å². The van der Waals surface area contributed by atoms with Gasteiger partial charge in [-0.2, -0.15) is 18.3 Å². The number of fused-ring (bicyclic) bond motifs is 1. The number of pyridine rings is 1. The summed E-state index contributed by atoms with van der Waals surface area (Å²) in [4.78, 5) is 19.6. The Labute approximate surface area is 158 Å². The number of halogens is 3. The van der Waals surface area contributed by atoms with Gasteiger partial charge >= 0.3 is 12.2 Å². The van der Waals surface area contributed by atoms with Crippen LogP contribution in [0.3, 0.4) is 0 Å². The molecular weight excluding hydrogens is 373 g/mol. The molecule has 3 aromatic rings. The first-order chi connectivity index (χ1) is 13.4. The predicted octanol–water partition coefficient (Wildman–Crippen LogP) is 3.33. The van der Waals surface area contributed by atoms with Gasteiger partial charge in [-0.3, -0.25) is 5.10 Å². The Morgan fingerprint density at radius 3 is 2.64 bits per heavy atom. The van der Waals surface area contributed by atoms with E-state index in [1.165, 1.54) is 12.3 Å². The van der Waals surface area contributed by atoms with Crippen LogP contribution in [0.15, 0.2) is 42.7 Å². The highest BCUT2D eigenvalue weighted by Gasteiger charge is 2.36. The fourth-order valence-electron chi connectivity index (χ4n) is 3.26. The van der Waals surface area contributed by atoms with E-state index in [1.807, 2.05) is 6.07 Å². The number of carbonyl (C=O) groups is 1. The maximum atomic E-state index is 13.2. The molecule has 7 nitrogen and oxygen atoms in total. The molecule has 0 radical (unpaired) electrons. The van der Waals surface area contributed by atoms with Crippen LogP contribution in [0.2, 0.25) is 0 Å². The van der Waals surface area contributed by atoms with Crippen molar-refractivity contribution in [3.8, 4) is 0 Å². The van der Waals surface area contributed by atoms with E-state index in [1.54, 1.807) is 28.1 Å². The summed E-state index contributed by atoms with van der Waals surface area (Å²) in [5.41, 5.74) is 0.666. The molecule has 0 spiro atoms. The van der Waals surface area contributed by atoms with Crippen LogP contribution in [0.4, 0.5) is 29.5 Å². The second-order valence-electron chi connectivity index (χ2n) is 6.41. The van der Waals surface area contributed by atoms with Gasteiger partial charge in [-0.1, -0.05) is 6.07 Å². The highest BCUT2D eigenvalue weighted by molar-refractivity contribution is 6.00. The summed E-state index contributed by atoms with van der Waals surface area (Å²) < 4.78 is 39.6. The fourth-order valence-corrected chi connectivity index (χ4v) is 3.26. The first-order valence-electron chi connectivity index (χ1n) is 8.68. The Morgan fingerprint density at radius 1 is 1.11 bits per heavy atom. The van der Waals surface area contributed by atoms with Crippen molar-refractivity contribution >= 4 is 28.4 Å². The normalized spacial score (nSPS) is 15.1. The number of amides is 2. The first-order valence-corrected chi connectivity index (χ1v) is 8.68. The van der Waals surface area contributed by atoms with Crippen molar-refractivity contribution in [3.63, 3.8) is 0 Å². The fraction of sp³-hybridized carbons (Fsp3) is 0.278. The lowest BCUT2D eigenvalue weighted by atomic mass is 10.2. The zero-order valence-corrected chi connectivity index (χ0v) is 14.7. The van der Waals surface area contributed by atoms with E-state index < -0.39 is 11.7 Å². The van der Waals surface area contributed by atoms with E-state index in [-0.39, 0.29) is 24.9 Å². The minimum Gasteiger partial charge on any atom is -0.353 e. The third kappa shape index (κ3) is 3.45. The predicted molar refractivity (Wildman–Crippen MR) is 98.1 cm³/mol. The van der Waals surface area contributed by atoms with Crippen LogP contribution in [-0.2, 0) is 6.18 Å². The van der Waals surface area contributed by atoms with E-state index >= 15 is 0 Å². The third-order valence-electron chi connectivity index (χ3n) is 4.68. The first kappa shape index (κ1) is 18.1. The van der Waals surface area contributed by atoms with Crippen LogP contribution in [0.25, 0.3) is 10.9 Å². The van der Waals surface area contributed by atoms with Crippen LogP contribution in [0.1, 0.15) is 5.56 Å². The lowest BCUT2D eigenvalue weighted by molar-refractivity contribution is -0.137. The molecule has 1 saturated heterocycles. The Hall–Kier alpha value is -3.30. The largest absolute Gasteiger partial charge is 0.419 e. The van der Waals surface area contributed by atoms with Crippen LogP contribution in [-0.4, -0.2) is 52.3 Å². The maximum Gasteiger partial charge on any atom is 0.419 e. The summed E-state index contributed by atoms with van der Waals surface area (Å²) in [5.74, 6) is -0.0989. The van der Waals surface area contributed by atoms with Gasteiger partial charge in [-0.25, -0.2) is 9.78 Å². The number of urea groups is 1. The molecule has 1 aliphatic heterocycles. The zero-order valence-electron chi connectivity index (χ0n) is 14.7. The number of H-pyrrole nitrogens is 1. The number of anilines is 2. The maximum absolute atomic E-state index is 13.2. The number of piperazine rings is 1. The monoisotopic (exact) mass is 390 g/mol. The van der Waals surface area contributed by atoms with Crippen LogP contribution in [0.5, 0.6) is 0 Å². The number of aromatic nitrogens is 3. The molecule has 0 bridgehead atoms. The molecule has 2 aromatic heterocycles. The van der Waals surface area contributed by atoms with Crippen LogP contribution in [0, 0.1) is 0 Å². The summed E-state index contributed by atoms with van der Waals surface area (Å²) >= 11 is 0. The summed E-state index contributed by atoms with van der Waals surface area (Å²) in [6.45, 7) is 1.12. The highest BCUT2D eigenvalue weighted by Crippen LogP contribution is 2.35. The molecule has 0 unspecified atom stereocenters. The molecule has 1 fully saturated rings. The molecule has 0 atom stereocenters. The highest BCUT2D eigenvalue weighted by atomic mass is 19.4. The molecule has 1 aromatic carbocycles. The average Bonchev–Trinajstić information content (AvgIpc) is 3.17. The molecule has 10 heteroatoms. The van der Waals surface area contributed by atoms with Gasteiger partial charge in [0, 0.05) is 37.8 Å². The lowest BCUT2D eigenvalue weighted by Gasteiger charge is -2.36. The summed E-state index contributed by atoms with van der Waals surface area (Å²) in [6.07, 6.45) is -1.50. The number of nitrogens with zero attached hydrogens (tertiary/aromatic N) is 4. The van der Waals surface area contributed by atoms with Gasteiger partial charge in [0.15, 0.2) is 0 Å². The number of rotatable bonds is 2. The van der Waals surface area contributed by atoms with Crippen molar-refractivity contribution in [2.45, 2.75) is 6.18 Å². The van der Waals surface area contributed by atoms with E-state index in [2.05, 4.69) is 20.5 Å². The minimum absolute atomic E-state index is 0.0989. The van der Waals surface area contributed by atoms with Crippen LogP contribution < -0.4 is 10.2 Å². The molecule has 1 aliphatic rings. The average molecular weight is 390 g/mol. The van der Waals surface area contributed by atoms with Crippen molar-refractivity contribution in [1.82, 2.24) is 20.1 Å². The van der Waals surface area contributed by atoms with Gasteiger partial charge in [-0.05, 0) is 24.3 Å². The van der Waals surface area contributed by atoms with Crippen molar-refractivity contribution < 1.29 is 18.0 Å². The smallest absolute Gasteiger partial charge is 0.353 e. The van der Waals surface area contributed by atoms with Gasteiger partial charge in [-0.15, -0.1) is 0 Å². The standard InChI is InChI=1S/C18H17F3N6O/c19-18(20,21)13-3-2-6-22-16(13)26-7-9-27(10-8-26)17(28)24-14-4-1-5-15-12(14)11-23-25-15/h1-6,11H,7-10H2,(H,23,25)(H,24,28). The minimum atomic E-state index is -4.47. The van der Waals surface area contributed by atoms with Gasteiger partial charge < -0.3 is 15.1 Å². The van der Waals surface area contributed by atoms with Gasteiger partial charge in [0.2, 0.25) is 0 Å². The van der Waals surface area contributed by atoms with Gasteiger partial charge in [0.1, 0.15) is 5.82 Å². The lowest BCUT2D eigenvalue weighted by Crippen LogP contribution is -2.50. The molecular formula is C18H17F3N6O. The van der Waals surface area contributed by atoms with Crippen molar-refractivity contribution in [1.29, 1.82) is 0 Å². The molecule has 146 valence electrons. The number of carbonyl (C=O) groups excluding carboxylic acids is 1. The van der Waals surface area contributed by atoms with Gasteiger partial charge in [0.05, 0.1) is 23.0 Å². The Morgan fingerprint density at radius 2 is 1.89 bits per heavy atom. The number of hydrogen-bond acceptors (Lipinski definition) is 4. The molecule has 2 amide bonds. The number of benzene rings is 1. The Kier molecular flexibility index (Phi) is 4.54. The second kappa shape index (κ2) is 7.02. The third-order valence-corrected chi connectivity index (χ3v) is 4.68. The van der Waals surface area contributed by atoms with Crippen molar-refractivity contribution in [2.75, 3.05) is 36.4 Å². The zero-order chi connectivity index (χ0) is 19.7. The quantitative estimate of drug-likeness (QED) is 0.704. The Bertz CT molecular complexity index is 994. The topological polar surface area (TPSA) is 77.2 Å². The summed E-state index contributed by atoms with van der Waals surface area (Å²) in [6, 6.07) is 7.41. The molecule has 0 aliphatic carbocycles. The van der Waals surface area contributed by atoms with E-state index in [0.29, 0.717) is 18.8 Å². The molecule has 3 heterocycles. The number of alkyl halides is 3. The number of hydrogen-bond donors (Lipinski definition) is 2. The summed E-state index contributed by atoms with van der Waals surface area (Å²) in [5, 5.41) is 10.4. The van der Waals surface area contributed by atoms with E-state index in [4.69, 9.17) is 0 Å². The Balaban J connectivity index is 1.43. The SMILES string of the molecule is O=C(Nc1cccc2[nH]ncc12)N1CCN(c2ncccc2C(F)(F)F)CC1. The number of aromatic amines is 1. The second-order valence-corrected chi connectivity index (χ2v) is 6.41. The molecule has 0 saturated carbocycles.